The lowest BCUT2D eigenvalue weighted by Crippen LogP contribution is -2.45. The molecular formula is C21H24N2O5. The maximum atomic E-state index is 12.8. The van der Waals surface area contributed by atoms with Crippen molar-refractivity contribution >= 4 is 29.4 Å². The number of benzene rings is 1. The van der Waals surface area contributed by atoms with E-state index in [1.165, 1.54) is 6.92 Å². The van der Waals surface area contributed by atoms with Crippen LogP contribution in [0, 0.1) is 30.6 Å². The lowest BCUT2D eigenvalue weighted by atomic mass is 9.81. The van der Waals surface area contributed by atoms with Gasteiger partial charge in [0.1, 0.15) is 6.04 Å². The normalized spacial score (nSPS) is 29.0. The van der Waals surface area contributed by atoms with Gasteiger partial charge in [-0.3, -0.25) is 19.3 Å². The van der Waals surface area contributed by atoms with Gasteiger partial charge in [-0.25, -0.2) is 4.79 Å². The number of likely N-dealkylation sites (tertiary alicyclic amines) is 1. The molecule has 7 nitrogen and oxygen atoms in total. The Morgan fingerprint density at radius 2 is 1.82 bits per heavy atom. The average molecular weight is 384 g/mol. The van der Waals surface area contributed by atoms with Gasteiger partial charge in [-0.2, -0.15) is 0 Å². The van der Waals surface area contributed by atoms with Crippen molar-refractivity contribution in [1.29, 1.82) is 0 Å². The number of carbonyl (C=O) groups is 4. The van der Waals surface area contributed by atoms with Gasteiger partial charge in [-0.05, 0) is 62.6 Å². The first kappa shape index (κ1) is 18.7. The minimum Gasteiger partial charge on any atom is -0.454 e. The number of amides is 3. The highest BCUT2D eigenvalue weighted by atomic mass is 16.5. The maximum Gasteiger partial charge on any atom is 0.329 e. The molecule has 1 heterocycles. The molecule has 1 aromatic rings. The summed E-state index contributed by atoms with van der Waals surface area (Å²) in [7, 11) is 0. The highest BCUT2D eigenvalue weighted by Crippen LogP contribution is 2.56. The summed E-state index contributed by atoms with van der Waals surface area (Å²) in [6.07, 6.45) is 2.91. The molecular weight excluding hydrogens is 360 g/mol. The molecule has 4 rings (SSSR count). The number of fused-ring (bicyclic) bond motifs is 5. The smallest absolute Gasteiger partial charge is 0.329 e. The Morgan fingerprint density at radius 1 is 1.18 bits per heavy atom. The third kappa shape index (κ3) is 3.08. The van der Waals surface area contributed by atoms with E-state index in [-0.39, 0.29) is 35.5 Å². The van der Waals surface area contributed by atoms with Gasteiger partial charge in [0.2, 0.25) is 11.8 Å². The number of ether oxygens (including phenoxy) is 1. The van der Waals surface area contributed by atoms with Gasteiger partial charge in [0.25, 0.3) is 5.91 Å². The zero-order valence-corrected chi connectivity index (χ0v) is 16.0. The summed E-state index contributed by atoms with van der Waals surface area (Å²) in [4.78, 5) is 51.0. The van der Waals surface area contributed by atoms with E-state index in [4.69, 9.17) is 4.74 Å². The van der Waals surface area contributed by atoms with Gasteiger partial charge in [-0.15, -0.1) is 0 Å². The summed E-state index contributed by atoms with van der Waals surface area (Å²) in [5.74, 6) is -1.74. The Kier molecular flexibility index (Phi) is 4.69. The number of hydrogen-bond donors (Lipinski definition) is 1. The van der Waals surface area contributed by atoms with Crippen LogP contribution in [0.4, 0.5) is 5.69 Å². The fourth-order valence-corrected chi connectivity index (χ4v) is 5.10. The quantitative estimate of drug-likeness (QED) is 0.618. The van der Waals surface area contributed by atoms with Crippen LogP contribution in [0.2, 0.25) is 0 Å². The molecule has 1 aliphatic heterocycles. The van der Waals surface area contributed by atoms with Gasteiger partial charge >= 0.3 is 5.97 Å². The van der Waals surface area contributed by atoms with Crippen molar-refractivity contribution in [3.8, 4) is 0 Å². The predicted octanol–water partition coefficient (Wildman–Crippen LogP) is 1.90. The molecule has 0 unspecified atom stereocenters. The lowest BCUT2D eigenvalue weighted by Gasteiger charge is -2.23. The fourth-order valence-electron chi connectivity index (χ4n) is 5.10. The van der Waals surface area contributed by atoms with E-state index in [9.17, 15) is 19.2 Å². The number of hydrogen-bond acceptors (Lipinski definition) is 5. The zero-order valence-electron chi connectivity index (χ0n) is 16.0. The van der Waals surface area contributed by atoms with Crippen molar-refractivity contribution in [3.05, 3.63) is 29.8 Å². The predicted molar refractivity (Wildman–Crippen MR) is 99.9 cm³/mol. The molecule has 1 N–H and O–H groups in total. The Morgan fingerprint density at radius 3 is 2.43 bits per heavy atom. The number of rotatable bonds is 5. The van der Waals surface area contributed by atoms with Gasteiger partial charge in [0.15, 0.2) is 6.61 Å². The molecule has 0 aromatic heterocycles. The number of imide groups is 1. The van der Waals surface area contributed by atoms with E-state index in [0.29, 0.717) is 5.69 Å². The van der Waals surface area contributed by atoms with E-state index in [1.807, 2.05) is 19.1 Å². The molecule has 2 saturated carbocycles. The second kappa shape index (κ2) is 7.04. The van der Waals surface area contributed by atoms with Crippen molar-refractivity contribution in [1.82, 2.24) is 4.90 Å². The SMILES string of the molecule is Cc1cccc(NC(=O)COC(=O)[C@@H](C)N2C(=O)[C@@H]3[C@@H]4CC[C@@H](C4)[C@@H]3C2=O)c1. The number of esters is 1. The van der Waals surface area contributed by atoms with E-state index in [2.05, 4.69) is 5.32 Å². The highest BCUT2D eigenvalue weighted by molar-refractivity contribution is 6.08. The first-order chi connectivity index (χ1) is 13.4. The summed E-state index contributed by atoms with van der Waals surface area (Å²) in [6.45, 7) is 2.92. The Bertz CT molecular complexity index is 823. The summed E-state index contributed by atoms with van der Waals surface area (Å²) in [5, 5.41) is 2.65. The van der Waals surface area contributed by atoms with Crippen molar-refractivity contribution in [2.45, 2.75) is 39.2 Å². The van der Waals surface area contributed by atoms with Crippen LogP contribution in [-0.2, 0) is 23.9 Å². The molecule has 28 heavy (non-hydrogen) atoms. The molecule has 0 spiro atoms. The number of nitrogens with zero attached hydrogens (tertiary/aromatic N) is 1. The van der Waals surface area contributed by atoms with Crippen molar-refractivity contribution < 1.29 is 23.9 Å². The molecule has 7 heteroatoms. The first-order valence-corrected chi connectivity index (χ1v) is 9.77. The minimum atomic E-state index is -1.02. The lowest BCUT2D eigenvalue weighted by molar-refractivity contribution is -0.159. The summed E-state index contributed by atoms with van der Waals surface area (Å²) < 4.78 is 5.07. The summed E-state index contributed by atoms with van der Waals surface area (Å²) in [6, 6.07) is 6.24. The maximum absolute atomic E-state index is 12.8. The van der Waals surface area contributed by atoms with Gasteiger partial charge in [0, 0.05) is 5.69 Å². The van der Waals surface area contributed by atoms with Crippen LogP contribution in [-0.4, -0.2) is 41.2 Å². The molecule has 1 saturated heterocycles. The molecule has 2 bridgehead atoms. The van der Waals surface area contributed by atoms with Gasteiger partial charge in [-0.1, -0.05) is 12.1 Å². The topological polar surface area (TPSA) is 92.8 Å². The average Bonchev–Trinajstić information content (AvgIpc) is 3.33. The second-order valence-electron chi connectivity index (χ2n) is 8.13. The van der Waals surface area contributed by atoms with Crippen LogP contribution < -0.4 is 5.32 Å². The largest absolute Gasteiger partial charge is 0.454 e. The molecule has 2 aliphatic carbocycles. The monoisotopic (exact) mass is 384 g/mol. The molecule has 148 valence electrons. The fraction of sp³-hybridized carbons (Fsp3) is 0.524. The van der Waals surface area contributed by atoms with Crippen molar-refractivity contribution in [2.24, 2.45) is 23.7 Å². The van der Waals surface area contributed by atoms with Gasteiger partial charge < -0.3 is 10.1 Å². The Hall–Kier alpha value is -2.70. The standard InChI is InChI=1S/C21H24N2O5/c1-11-4-3-5-15(8-11)22-16(24)10-28-21(27)12(2)23-19(25)17-13-6-7-14(9-13)18(17)20(23)26/h3-5,8,12-14,17-18H,6-7,9-10H2,1-2H3,(H,22,24)/t12-,13-,14+,17-,18+/m1/s1. The van der Waals surface area contributed by atoms with Crippen LogP contribution in [0.3, 0.4) is 0 Å². The third-order valence-electron chi connectivity index (χ3n) is 6.34. The Balaban J connectivity index is 1.34. The van der Waals surface area contributed by atoms with E-state index in [0.717, 1.165) is 29.7 Å². The van der Waals surface area contributed by atoms with Crippen molar-refractivity contribution in [3.63, 3.8) is 0 Å². The number of aryl methyl sites for hydroxylation is 1. The molecule has 0 radical (unpaired) electrons. The van der Waals surface area contributed by atoms with E-state index < -0.39 is 24.5 Å². The van der Waals surface area contributed by atoms with E-state index >= 15 is 0 Å². The van der Waals surface area contributed by atoms with Crippen LogP contribution in [0.25, 0.3) is 0 Å². The van der Waals surface area contributed by atoms with Gasteiger partial charge in [0.05, 0.1) is 11.8 Å². The first-order valence-electron chi connectivity index (χ1n) is 9.77. The molecule has 1 aromatic carbocycles. The van der Waals surface area contributed by atoms with Crippen LogP contribution >= 0.6 is 0 Å². The molecule has 3 amide bonds. The number of nitrogens with one attached hydrogen (secondary N) is 1. The van der Waals surface area contributed by atoms with Crippen LogP contribution in [0.5, 0.6) is 0 Å². The highest BCUT2D eigenvalue weighted by Gasteiger charge is 2.62. The number of carbonyl (C=O) groups excluding carboxylic acids is 4. The summed E-state index contributed by atoms with van der Waals surface area (Å²) in [5.41, 5.74) is 1.61. The summed E-state index contributed by atoms with van der Waals surface area (Å²) >= 11 is 0. The molecule has 3 aliphatic rings. The van der Waals surface area contributed by atoms with Crippen LogP contribution in [0.15, 0.2) is 24.3 Å². The van der Waals surface area contributed by atoms with Crippen LogP contribution in [0.1, 0.15) is 31.7 Å². The van der Waals surface area contributed by atoms with E-state index in [1.54, 1.807) is 12.1 Å². The third-order valence-corrected chi connectivity index (χ3v) is 6.34. The Labute approximate surface area is 163 Å². The zero-order chi connectivity index (χ0) is 20.0. The molecule has 3 fully saturated rings. The second-order valence-corrected chi connectivity index (χ2v) is 8.13. The molecule has 5 atom stereocenters. The number of anilines is 1. The minimum absolute atomic E-state index is 0.254. The van der Waals surface area contributed by atoms with Crippen molar-refractivity contribution in [2.75, 3.05) is 11.9 Å².